The Labute approximate surface area is 123 Å². The lowest BCUT2D eigenvalue weighted by Gasteiger charge is -2.62. The predicted octanol–water partition coefficient (Wildman–Crippen LogP) is 3.42. The Morgan fingerprint density at radius 2 is 1.95 bits per heavy atom. The molecule has 2 bridgehead atoms. The molecule has 20 heavy (non-hydrogen) atoms. The van der Waals surface area contributed by atoms with E-state index >= 15 is 0 Å². The fourth-order valence-corrected chi connectivity index (χ4v) is 4.66. The molecule has 3 heteroatoms. The molecule has 0 aliphatic carbocycles. The molecule has 0 saturated carbocycles. The van der Waals surface area contributed by atoms with Gasteiger partial charge in [0.05, 0.1) is 17.5 Å². The number of aryl methyl sites for hydroxylation is 3. The maximum absolute atomic E-state index is 4.72. The average molecular weight is 273 g/mol. The molecule has 4 heterocycles. The number of pyridine rings is 1. The number of nitrogens with zero attached hydrogens (tertiary/aromatic N) is 3. The normalized spacial score (nSPS) is 36.5. The summed E-state index contributed by atoms with van der Waals surface area (Å²) >= 11 is 0. The van der Waals surface area contributed by atoms with Crippen LogP contribution in [0.25, 0.3) is 0 Å². The highest BCUT2D eigenvalue weighted by Crippen LogP contribution is 2.45. The molecule has 4 rings (SSSR count). The first kappa shape index (κ1) is 13.9. The molecule has 3 nitrogen and oxygen atoms in total. The summed E-state index contributed by atoms with van der Waals surface area (Å²) in [7, 11) is 0. The first-order valence-electron chi connectivity index (χ1n) is 7.83. The van der Waals surface area contributed by atoms with Gasteiger partial charge in [-0.2, -0.15) is 0 Å². The predicted molar refractivity (Wildman–Crippen MR) is 84.2 cm³/mol. The maximum Gasteiger partial charge on any atom is 0.0800 e. The summed E-state index contributed by atoms with van der Waals surface area (Å²) < 4.78 is 0. The summed E-state index contributed by atoms with van der Waals surface area (Å²) in [4.78, 5) is 10.0. The number of hydrogen-bond acceptors (Lipinski definition) is 3. The molecule has 4 atom stereocenters. The van der Waals surface area contributed by atoms with Crippen molar-refractivity contribution in [3.8, 4) is 0 Å². The van der Waals surface area contributed by atoms with Gasteiger partial charge < -0.3 is 4.90 Å². The molecule has 0 aromatic carbocycles. The fraction of sp³-hybridized carbons (Fsp3) is 0.706. The maximum atomic E-state index is 4.72. The van der Waals surface area contributed by atoms with Crippen molar-refractivity contribution in [2.75, 3.05) is 11.4 Å². The van der Waals surface area contributed by atoms with Gasteiger partial charge in [0, 0.05) is 23.8 Å². The monoisotopic (exact) mass is 273 g/mol. The summed E-state index contributed by atoms with van der Waals surface area (Å²) in [5, 5.41) is 0. The van der Waals surface area contributed by atoms with E-state index in [4.69, 9.17) is 4.98 Å². The molecular formula is C17H27N3. The zero-order valence-electron chi connectivity index (χ0n) is 13.7. The Morgan fingerprint density at radius 1 is 1.25 bits per heavy atom. The van der Waals surface area contributed by atoms with Gasteiger partial charge in [-0.15, -0.1) is 0 Å². The Kier molecular flexibility index (Phi) is 3.09. The van der Waals surface area contributed by atoms with E-state index in [0.717, 1.165) is 5.69 Å². The van der Waals surface area contributed by atoms with Crippen molar-refractivity contribution in [2.45, 2.75) is 72.1 Å². The van der Waals surface area contributed by atoms with Crippen molar-refractivity contribution < 1.29 is 0 Å². The highest BCUT2D eigenvalue weighted by Gasteiger charge is 2.49. The molecule has 1 aromatic heterocycles. The fourth-order valence-electron chi connectivity index (χ4n) is 4.66. The van der Waals surface area contributed by atoms with Crippen LogP contribution < -0.4 is 4.90 Å². The lowest BCUT2D eigenvalue weighted by atomic mass is 9.78. The largest absolute Gasteiger partial charge is 0.349 e. The molecule has 1 aromatic rings. The third-order valence-electron chi connectivity index (χ3n) is 5.37. The highest BCUT2D eigenvalue weighted by molar-refractivity contribution is 5.60. The van der Waals surface area contributed by atoms with Gasteiger partial charge in [-0.25, -0.2) is 0 Å². The van der Waals surface area contributed by atoms with E-state index in [1.807, 2.05) is 0 Å². The van der Waals surface area contributed by atoms with Gasteiger partial charge in [0.1, 0.15) is 0 Å². The van der Waals surface area contributed by atoms with E-state index in [1.54, 1.807) is 0 Å². The Bertz CT molecular complexity index is 516. The Hall–Kier alpha value is -1.09. The molecule has 3 aliphatic heterocycles. The van der Waals surface area contributed by atoms with Crippen LogP contribution in [0.1, 0.15) is 50.6 Å². The lowest BCUT2D eigenvalue weighted by molar-refractivity contribution is 0.00459. The van der Waals surface area contributed by atoms with Crippen molar-refractivity contribution in [1.29, 1.82) is 0 Å². The molecule has 0 spiro atoms. The van der Waals surface area contributed by atoms with E-state index in [1.165, 1.54) is 36.3 Å². The SMILES string of the molecule is Cc1cc(C)c(N2[C@@H](C)N3CCC2(C)CC3C)c(C)n1. The van der Waals surface area contributed by atoms with Crippen molar-refractivity contribution in [1.82, 2.24) is 9.88 Å². The third-order valence-corrected chi connectivity index (χ3v) is 5.37. The minimum absolute atomic E-state index is 0.278. The third kappa shape index (κ3) is 1.86. The molecule has 3 aliphatic rings. The summed E-state index contributed by atoms with van der Waals surface area (Å²) in [6, 6.07) is 2.92. The van der Waals surface area contributed by atoms with Crippen molar-refractivity contribution in [3.05, 3.63) is 23.0 Å². The molecular weight excluding hydrogens is 246 g/mol. The van der Waals surface area contributed by atoms with Crippen LogP contribution in [0.3, 0.4) is 0 Å². The summed E-state index contributed by atoms with van der Waals surface area (Å²) in [5.74, 6) is 0. The summed E-state index contributed by atoms with van der Waals surface area (Å²) in [6.07, 6.45) is 2.98. The summed E-state index contributed by atoms with van der Waals surface area (Å²) in [5.41, 5.74) is 5.31. The molecule has 3 fully saturated rings. The van der Waals surface area contributed by atoms with Crippen LogP contribution in [0.2, 0.25) is 0 Å². The van der Waals surface area contributed by atoms with Gasteiger partial charge in [-0.3, -0.25) is 9.88 Å². The molecule has 0 radical (unpaired) electrons. The van der Waals surface area contributed by atoms with Gasteiger partial charge in [0.15, 0.2) is 0 Å². The van der Waals surface area contributed by atoms with Crippen LogP contribution in [0.4, 0.5) is 5.69 Å². The van der Waals surface area contributed by atoms with E-state index in [2.05, 4.69) is 57.4 Å². The zero-order valence-corrected chi connectivity index (χ0v) is 13.7. The number of rotatable bonds is 1. The quantitative estimate of drug-likeness (QED) is 0.781. The zero-order chi connectivity index (χ0) is 14.7. The molecule has 0 N–H and O–H groups in total. The second-order valence-corrected chi connectivity index (χ2v) is 7.05. The number of anilines is 1. The molecule has 3 unspecified atom stereocenters. The Morgan fingerprint density at radius 3 is 2.50 bits per heavy atom. The van der Waals surface area contributed by atoms with E-state index in [9.17, 15) is 0 Å². The van der Waals surface area contributed by atoms with Crippen LogP contribution in [0, 0.1) is 20.8 Å². The summed E-state index contributed by atoms with van der Waals surface area (Å²) in [6.45, 7) is 14.9. The Balaban J connectivity index is 2.11. The molecule has 110 valence electrons. The van der Waals surface area contributed by atoms with Crippen LogP contribution >= 0.6 is 0 Å². The molecule has 0 amide bonds. The first-order chi connectivity index (χ1) is 9.33. The minimum atomic E-state index is 0.278. The standard InChI is InChI=1S/C17H27N3/c1-11-9-12(2)18-14(4)16(11)20-15(5)19-8-7-17(20,6)10-13(19)3/h9,13,15H,7-8,10H2,1-6H3/t13?,15-,17?/m0/s1. The smallest absolute Gasteiger partial charge is 0.0800 e. The first-order valence-corrected chi connectivity index (χ1v) is 7.83. The number of aromatic nitrogens is 1. The van der Waals surface area contributed by atoms with Gasteiger partial charge in [-0.05, 0) is 66.0 Å². The average Bonchev–Trinajstić information content (AvgIpc) is 2.31. The van der Waals surface area contributed by atoms with Gasteiger partial charge in [0.25, 0.3) is 0 Å². The lowest BCUT2D eigenvalue weighted by Crippen LogP contribution is -2.71. The second kappa shape index (κ2) is 4.45. The van der Waals surface area contributed by atoms with Gasteiger partial charge in [0.2, 0.25) is 0 Å². The van der Waals surface area contributed by atoms with Crippen molar-refractivity contribution in [2.24, 2.45) is 0 Å². The highest BCUT2D eigenvalue weighted by atomic mass is 15.4. The van der Waals surface area contributed by atoms with Crippen LogP contribution in [-0.4, -0.2) is 34.2 Å². The van der Waals surface area contributed by atoms with Crippen molar-refractivity contribution in [3.63, 3.8) is 0 Å². The van der Waals surface area contributed by atoms with Crippen LogP contribution in [0.5, 0.6) is 0 Å². The van der Waals surface area contributed by atoms with E-state index in [0.29, 0.717) is 12.2 Å². The number of hydrogen-bond donors (Lipinski definition) is 0. The second-order valence-electron chi connectivity index (χ2n) is 7.05. The van der Waals surface area contributed by atoms with Gasteiger partial charge in [-0.1, -0.05) is 0 Å². The van der Waals surface area contributed by atoms with Crippen LogP contribution in [0.15, 0.2) is 6.07 Å². The van der Waals surface area contributed by atoms with Gasteiger partial charge >= 0.3 is 0 Å². The topological polar surface area (TPSA) is 19.4 Å². The van der Waals surface area contributed by atoms with E-state index < -0.39 is 0 Å². The van der Waals surface area contributed by atoms with Crippen molar-refractivity contribution >= 4 is 5.69 Å². The number of fused-ring (bicyclic) bond motifs is 3. The molecule has 3 saturated heterocycles. The minimum Gasteiger partial charge on any atom is -0.349 e. The van der Waals surface area contributed by atoms with Crippen LogP contribution in [-0.2, 0) is 0 Å². The number of piperidine rings is 1. The van der Waals surface area contributed by atoms with E-state index in [-0.39, 0.29) is 5.54 Å².